The monoisotopic (exact) mass is 261 g/mol. The van der Waals surface area contributed by atoms with Crippen LogP contribution < -0.4 is 10.1 Å². The molecule has 1 saturated heterocycles. The number of aryl methyl sites for hydroxylation is 1. The van der Waals surface area contributed by atoms with Gasteiger partial charge in [-0.25, -0.2) is 0 Å². The summed E-state index contributed by atoms with van der Waals surface area (Å²) < 4.78 is 5.53. The Kier molecular flexibility index (Phi) is 3.50. The van der Waals surface area contributed by atoms with Crippen molar-refractivity contribution in [2.75, 3.05) is 19.7 Å². The van der Waals surface area contributed by atoms with E-state index in [1.54, 1.807) is 0 Å². The van der Waals surface area contributed by atoms with Crippen molar-refractivity contribution >= 4 is 0 Å². The van der Waals surface area contributed by atoms with Gasteiger partial charge in [0.15, 0.2) is 0 Å². The highest BCUT2D eigenvalue weighted by Crippen LogP contribution is 2.31. The topological polar surface area (TPSA) is 41.5 Å². The number of benzene rings is 1. The molecule has 0 bridgehead atoms. The maximum Gasteiger partial charge on any atom is 0.122 e. The second kappa shape index (κ2) is 5.14. The Morgan fingerprint density at radius 1 is 1.47 bits per heavy atom. The van der Waals surface area contributed by atoms with Crippen LogP contribution in [0.5, 0.6) is 5.75 Å². The summed E-state index contributed by atoms with van der Waals surface area (Å²) in [5.41, 5.74) is 2.15. The van der Waals surface area contributed by atoms with Crippen LogP contribution in [0.1, 0.15) is 30.9 Å². The van der Waals surface area contributed by atoms with E-state index in [1.807, 2.05) is 0 Å². The summed E-state index contributed by atoms with van der Waals surface area (Å²) in [5, 5.41) is 14.1. The van der Waals surface area contributed by atoms with Crippen molar-refractivity contribution in [1.29, 1.82) is 0 Å². The number of hydrogen-bond acceptors (Lipinski definition) is 3. The minimum absolute atomic E-state index is 0.332. The predicted octanol–water partition coefficient (Wildman–Crippen LogP) is 1.91. The Balaban J connectivity index is 1.65. The summed E-state index contributed by atoms with van der Waals surface area (Å²) in [6.07, 6.45) is 3.69. The van der Waals surface area contributed by atoms with Gasteiger partial charge < -0.3 is 15.2 Å². The predicted molar refractivity (Wildman–Crippen MR) is 75.6 cm³/mol. The van der Waals surface area contributed by atoms with Crippen molar-refractivity contribution in [3.63, 3.8) is 0 Å². The molecule has 2 N–H and O–H groups in total. The van der Waals surface area contributed by atoms with Gasteiger partial charge in [0.25, 0.3) is 0 Å². The third kappa shape index (κ3) is 2.63. The van der Waals surface area contributed by atoms with E-state index in [4.69, 9.17) is 4.74 Å². The third-order valence-corrected chi connectivity index (χ3v) is 4.70. The van der Waals surface area contributed by atoms with Crippen LogP contribution in [0.4, 0.5) is 0 Å². The summed E-state index contributed by atoms with van der Waals surface area (Å²) in [5.74, 6) is 1.37. The molecule has 2 heterocycles. The van der Waals surface area contributed by atoms with E-state index < -0.39 is 5.60 Å². The Bertz CT molecular complexity index is 460. The Morgan fingerprint density at radius 3 is 3.21 bits per heavy atom. The van der Waals surface area contributed by atoms with Crippen LogP contribution in [0.2, 0.25) is 0 Å². The number of aliphatic hydroxyl groups is 1. The lowest BCUT2D eigenvalue weighted by atomic mass is 9.79. The average Bonchev–Trinajstić information content (AvgIpc) is 2.88. The van der Waals surface area contributed by atoms with Crippen molar-refractivity contribution in [2.45, 2.75) is 38.2 Å². The maximum atomic E-state index is 10.7. The van der Waals surface area contributed by atoms with E-state index >= 15 is 0 Å². The number of rotatable bonds is 3. The Labute approximate surface area is 115 Å². The second-order valence-corrected chi connectivity index (χ2v) is 6.00. The normalized spacial score (nSPS) is 29.9. The molecule has 2 aliphatic heterocycles. The molecule has 3 rings (SSSR count). The van der Waals surface area contributed by atoms with Crippen molar-refractivity contribution in [2.24, 2.45) is 5.92 Å². The molecule has 3 heteroatoms. The van der Waals surface area contributed by atoms with Gasteiger partial charge in [0, 0.05) is 13.0 Å². The van der Waals surface area contributed by atoms with Crippen LogP contribution in [-0.4, -0.2) is 30.4 Å². The van der Waals surface area contributed by atoms with E-state index in [2.05, 4.69) is 30.4 Å². The molecule has 0 radical (unpaired) electrons. The highest BCUT2D eigenvalue weighted by Gasteiger charge is 2.35. The SMILES string of the molecule is CC1CNCCC1(O)CCc1ccc2c(c1)CCO2. The van der Waals surface area contributed by atoms with Crippen LogP contribution in [0.25, 0.3) is 0 Å². The molecule has 2 unspecified atom stereocenters. The third-order valence-electron chi connectivity index (χ3n) is 4.70. The van der Waals surface area contributed by atoms with Gasteiger partial charge >= 0.3 is 0 Å². The van der Waals surface area contributed by atoms with E-state index in [1.165, 1.54) is 11.1 Å². The fraction of sp³-hybridized carbons (Fsp3) is 0.625. The van der Waals surface area contributed by atoms with E-state index in [0.717, 1.165) is 51.1 Å². The molecule has 1 fully saturated rings. The summed E-state index contributed by atoms with van der Waals surface area (Å²) in [6, 6.07) is 6.46. The smallest absolute Gasteiger partial charge is 0.122 e. The summed E-state index contributed by atoms with van der Waals surface area (Å²) >= 11 is 0. The van der Waals surface area contributed by atoms with Gasteiger partial charge in [0.2, 0.25) is 0 Å². The highest BCUT2D eigenvalue weighted by molar-refractivity contribution is 5.39. The summed E-state index contributed by atoms with van der Waals surface area (Å²) in [7, 11) is 0. The zero-order valence-electron chi connectivity index (χ0n) is 11.6. The molecule has 0 saturated carbocycles. The van der Waals surface area contributed by atoms with Gasteiger partial charge in [0.05, 0.1) is 12.2 Å². The van der Waals surface area contributed by atoms with Crippen molar-refractivity contribution in [3.8, 4) is 5.75 Å². The molecule has 0 amide bonds. The van der Waals surface area contributed by atoms with Crippen LogP contribution in [-0.2, 0) is 12.8 Å². The number of hydrogen-bond donors (Lipinski definition) is 2. The van der Waals surface area contributed by atoms with Gasteiger partial charge in [-0.3, -0.25) is 0 Å². The standard InChI is InChI=1S/C16H23NO2/c1-12-11-17-8-7-16(12,18)6-4-13-2-3-15-14(10-13)5-9-19-15/h2-3,10,12,17-18H,4-9,11H2,1H3. The first kappa shape index (κ1) is 12.9. The summed E-state index contributed by atoms with van der Waals surface area (Å²) in [6.45, 7) is 4.81. The molecule has 0 aliphatic carbocycles. The lowest BCUT2D eigenvalue weighted by molar-refractivity contribution is -0.0401. The molecule has 2 aliphatic rings. The van der Waals surface area contributed by atoms with Crippen LogP contribution >= 0.6 is 0 Å². The van der Waals surface area contributed by atoms with E-state index in [9.17, 15) is 5.11 Å². The van der Waals surface area contributed by atoms with Crippen molar-refractivity contribution in [1.82, 2.24) is 5.32 Å². The van der Waals surface area contributed by atoms with Crippen molar-refractivity contribution < 1.29 is 9.84 Å². The molecule has 3 nitrogen and oxygen atoms in total. The molecule has 0 aromatic heterocycles. The first-order valence-corrected chi connectivity index (χ1v) is 7.35. The number of piperidine rings is 1. The quantitative estimate of drug-likeness (QED) is 0.873. The second-order valence-electron chi connectivity index (χ2n) is 6.00. The van der Waals surface area contributed by atoms with Gasteiger partial charge in [0.1, 0.15) is 5.75 Å². The lowest BCUT2D eigenvalue weighted by Gasteiger charge is -2.38. The maximum absolute atomic E-state index is 10.7. The van der Waals surface area contributed by atoms with Gasteiger partial charge in [-0.15, -0.1) is 0 Å². The Hall–Kier alpha value is -1.06. The molecule has 1 aromatic carbocycles. The fourth-order valence-corrected chi connectivity index (χ4v) is 3.19. The largest absolute Gasteiger partial charge is 0.493 e. The zero-order valence-corrected chi connectivity index (χ0v) is 11.6. The molecule has 19 heavy (non-hydrogen) atoms. The van der Waals surface area contributed by atoms with Gasteiger partial charge in [-0.05, 0) is 48.9 Å². The number of nitrogens with one attached hydrogen (secondary N) is 1. The van der Waals surface area contributed by atoms with Gasteiger partial charge in [-0.1, -0.05) is 19.1 Å². The van der Waals surface area contributed by atoms with E-state index in [0.29, 0.717) is 5.92 Å². The average molecular weight is 261 g/mol. The number of ether oxygens (including phenoxy) is 1. The summed E-state index contributed by atoms with van der Waals surface area (Å²) in [4.78, 5) is 0. The highest BCUT2D eigenvalue weighted by atomic mass is 16.5. The minimum Gasteiger partial charge on any atom is -0.493 e. The first-order chi connectivity index (χ1) is 9.17. The van der Waals surface area contributed by atoms with Crippen LogP contribution in [0.15, 0.2) is 18.2 Å². The van der Waals surface area contributed by atoms with Crippen molar-refractivity contribution in [3.05, 3.63) is 29.3 Å². The van der Waals surface area contributed by atoms with Crippen LogP contribution in [0.3, 0.4) is 0 Å². The Morgan fingerprint density at radius 2 is 2.37 bits per heavy atom. The van der Waals surface area contributed by atoms with Gasteiger partial charge in [-0.2, -0.15) is 0 Å². The molecule has 104 valence electrons. The zero-order chi connectivity index (χ0) is 13.3. The van der Waals surface area contributed by atoms with Crippen LogP contribution in [0, 0.1) is 5.92 Å². The lowest BCUT2D eigenvalue weighted by Crippen LogP contribution is -2.49. The molecular weight excluding hydrogens is 238 g/mol. The van der Waals surface area contributed by atoms with E-state index in [-0.39, 0.29) is 0 Å². The first-order valence-electron chi connectivity index (χ1n) is 7.35. The molecule has 2 atom stereocenters. The fourth-order valence-electron chi connectivity index (χ4n) is 3.19. The molecule has 1 aromatic rings. The molecular formula is C16H23NO2. The minimum atomic E-state index is -0.499. The number of fused-ring (bicyclic) bond motifs is 1. The molecule has 0 spiro atoms.